The van der Waals surface area contributed by atoms with Crippen molar-refractivity contribution in [1.82, 2.24) is 5.32 Å². The van der Waals surface area contributed by atoms with Gasteiger partial charge >= 0.3 is 0 Å². The van der Waals surface area contributed by atoms with E-state index in [-0.39, 0.29) is 0 Å². The van der Waals surface area contributed by atoms with Crippen LogP contribution in [0, 0.1) is 3.57 Å². The highest BCUT2D eigenvalue weighted by Gasteiger charge is 2.03. The first-order valence-electron chi connectivity index (χ1n) is 5.35. The molecule has 3 heteroatoms. The van der Waals surface area contributed by atoms with Crippen molar-refractivity contribution in [3.05, 3.63) is 45.7 Å². The minimum Gasteiger partial charge on any atom is -0.460 e. The SMILES string of the molecule is CCNCc1ccc(-c2ccc(I)cc2)o1. The van der Waals surface area contributed by atoms with Gasteiger partial charge in [0, 0.05) is 9.13 Å². The topological polar surface area (TPSA) is 25.2 Å². The van der Waals surface area contributed by atoms with E-state index in [0.29, 0.717) is 0 Å². The van der Waals surface area contributed by atoms with E-state index in [1.165, 1.54) is 3.57 Å². The van der Waals surface area contributed by atoms with Crippen LogP contribution in [-0.4, -0.2) is 6.54 Å². The lowest BCUT2D eigenvalue weighted by atomic mass is 10.2. The molecule has 1 aromatic heterocycles. The van der Waals surface area contributed by atoms with Crippen molar-refractivity contribution < 1.29 is 4.42 Å². The molecule has 2 rings (SSSR count). The number of hydrogen-bond acceptors (Lipinski definition) is 2. The Hall–Kier alpha value is -0.810. The molecule has 0 aliphatic heterocycles. The van der Waals surface area contributed by atoms with Crippen molar-refractivity contribution in [2.24, 2.45) is 0 Å². The van der Waals surface area contributed by atoms with Crippen molar-refractivity contribution in [2.45, 2.75) is 13.5 Å². The molecule has 0 fully saturated rings. The smallest absolute Gasteiger partial charge is 0.134 e. The molecule has 1 aromatic carbocycles. The van der Waals surface area contributed by atoms with E-state index >= 15 is 0 Å². The number of benzene rings is 1. The van der Waals surface area contributed by atoms with Crippen LogP contribution in [0.2, 0.25) is 0 Å². The van der Waals surface area contributed by atoms with E-state index in [1.807, 2.05) is 12.1 Å². The van der Waals surface area contributed by atoms with E-state index in [4.69, 9.17) is 4.42 Å². The quantitative estimate of drug-likeness (QED) is 0.867. The third-order valence-corrected chi connectivity index (χ3v) is 3.06. The van der Waals surface area contributed by atoms with Crippen molar-refractivity contribution in [2.75, 3.05) is 6.54 Å². The standard InChI is InChI=1S/C13H14INO/c1-2-15-9-12-7-8-13(16-12)10-3-5-11(14)6-4-10/h3-8,15H,2,9H2,1H3. The third kappa shape index (κ3) is 2.86. The van der Waals surface area contributed by atoms with E-state index in [1.54, 1.807) is 0 Å². The Morgan fingerprint density at radius 1 is 1.12 bits per heavy atom. The van der Waals surface area contributed by atoms with Gasteiger partial charge in [0.1, 0.15) is 11.5 Å². The molecule has 1 heterocycles. The van der Waals surface area contributed by atoms with Gasteiger partial charge in [-0.05, 0) is 53.4 Å². The van der Waals surface area contributed by atoms with Gasteiger partial charge in [-0.15, -0.1) is 0 Å². The predicted octanol–water partition coefficient (Wildman–Crippen LogP) is 3.66. The number of furan rings is 1. The minimum atomic E-state index is 0.793. The number of halogens is 1. The van der Waals surface area contributed by atoms with Crippen molar-refractivity contribution in [3.63, 3.8) is 0 Å². The van der Waals surface area contributed by atoms with Gasteiger partial charge in [0.2, 0.25) is 0 Å². The monoisotopic (exact) mass is 327 g/mol. The van der Waals surface area contributed by atoms with E-state index in [9.17, 15) is 0 Å². The molecule has 0 amide bonds. The highest BCUT2D eigenvalue weighted by atomic mass is 127. The second kappa shape index (κ2) is 5.50. The predicted molar refractivity (Wildman–Crippen MR) is 74.2 cm³/mol. The fourth-order valence-electron chi connectivity index (χ4n) is 1.49. The zero-order valence-electron chi connectivity index (χ0n) is 9.16. The summed E-state index contributed by atoms with van der Waals surface area (Å²) in [4.78, 5) is 0. The summed E-state index contributed by atoms with van der Waals surface area (Å²) in [5.41, 5.74) is 1.13. The molecule has 84 valence electrons. The Morgan fingerprint density at radius 3 is 2.56 bits per heavy atom. The van der Waals surface area contributed by atoms with Crippen molar-refractivity contribution in [1.29, 1.82) is 0 Å². The van der Waals surface area contributed by atoms with Crippen LogP contribution in [0.25, 0.3) is 11.3 Å². The summed E-state index contributed by atoms with van der Waals surface area (Å²) in [6.07, 6.45) is 0. The molecule has 0 radical (unpaired) electrons. The third-order valence-electron chi connectivity index (χ3n) is 2.34. The average molecular weight is 327 g/mol. The fraction of sp³-hybridized carbons (Fsp3) is 0.231. The summed E-state index contributed by atoms with van der Waals surface area (Å²) in [7, 11) is 0. The van der Waals surface area contributed by atoms with Crippen LogP contribution in [0.4, 0.5) is 0 Å². The molecule has 0 bridgehead atoms. The molecule has 0 spiro atoms. The lowest BCUT2D eigenvalue weighted by Gasteiger charge is -1.98. The molecule has 1 N–H and O–H groups in total. The van der Waals surface area contributed by atoms with E-state index < -0.39 is 0 Å². The number of nitrogens with one attached hydrogen (secondary N) is 1. The Morgan fingerprint density at radius 2 is 1.88 bits per heavy atom. The van der Waals surface area contributed by atoms with Gasteiger partial charge in [0.15, 0.2) is 0 Å². The molecule has 0 saturated heterocycles. The Labute approximate surface area is 109 Å². The second-order valence-electron chi connectivity index (χ2n) is 3.55. The van der Waals surface area contributed by atoms with Crippen LogP contribution in [0.1, 0.15) is 12.7 Å². The maximum atomic E-state index is 5.75. The fourth-order valence-corrected chi connectivity index (χ4v) is 1.85. The van der Waals surface area contributed by atoms with Gasteiger partial charge in [-0.1, -0.05) is 19.1 Å². The van der Waals surface area contributed by atoms with E-state index in [0.717, 1.165) is 30.2 Å². The largest absolute Gasteiger partial charge is 0.460 e. The lowest BCUT2D eigenvalue weighted by Crippen LogP contribution is -2.10. The van der Waals surface area contributed by atoms with Gasteiger partial charge in [0.05, 0.1) is 6.54 Å². The normalized spacial score (nSPS) is 10.6. The first kappa shape index (κ1) is 11.7. The Bertz CT molecular complexity index is 447. The summed E-state index contributed by atoms with van der Waals surface area (Å²) in [5.74, 6) is 1.92. The molecule has 0 aliphatic rings. The molecule has 0 unspecified atom stereocenters. The number of hydrogen-bond donors (Lipinski definition) is 1. The molecule has 16 heavy (non-hydrogen) atoms. The van der Waals surface area contributed by atoms with Crippen LogP contribution in [0.3, 0.4) is 0 Å². The van der Waals surface area contributed by atoms with Gasteiger partial charge in [0.25, 0.3) is 0 Å². The summed E-state index contributed by atoms with van der Waals surface area (Å²) < 4.78 is 6.98. The Balaban J connectivity index is 2.15. The van der Waals surface area contributed by atoms with Crippen LogP contribution in [0.5, 0.6) is 0 Å². The summed E-state index contributed by atoms with van der Waals surface area (Å²) in [6.45, 7) is 3.84. The molecular formula is C13H14INO. The maximum Gasteiger partial charge on any atom is 0.134 e. The van der Waals surface area contributed by atoms with Crippen LogP contribution < -0.4 is 5.32 Å². The molecule has 2 nitrogen and oxygen atoms in total. The molecule has 0 aliphatic carbocycles. The molecule has 2 aromatic rings. The van der Waals surface area contributed by atoms with Gasteiger partial charge in [-0.25, -0.2) is 0 Å². The van der Waals surface area contributed by atoms with Crippen LogP contribution >= 0.6 is 22.6 Å². The lowest BCUT2D eigenvalue weighted by molar-refractivity contribution is 0.498. The van der Waals surface area contributed by atoms with Gasteiger partial charge in [-0.2, -0.15) is 0 Å². The molecular weight excluding hydrogens is 313 g/mol. The summed E-state index contributed by atoms with van der Waals surface area (Å²) >= 11 is 2.30. The van der Waals surface area contributed by atoms with Gasteiger partial charge in [-0.3, -0.25) is 0 Å². The zero-order valence-corrected chi connectivity index (χ0v) is 11.3. The second-order valence-corrected chi connectivity index (χ2v) is 4.80. The number of rotatable bonds is 4. The van der Waals surface area contributed by atoms with Crippen molar-refractivity contribution in [3.8, 4) is 11.3 Å². The van der Waals surface area contributed by atoms with E-state index in [2.05, 4.69) is 59.1 Å². The highest BCUT2D eigenvalue weighted by molar-refractivity contribution is 14.1. The highest BCUT2D eigenvalue weighted by Crippen LogP contribution is 2.22. The molecule has 0 saturated carbocycles. The minimum absolute atomic E-state index is 0.793. The molecule has 0 atom stereocenters. The zero-order chi connectivity index (χ0) is 11.4. The van der Waals surface area contributed by atoms with Gasteiger partial charge < -0.3 is 9.73 Å². The summed E-state index contributed by atoms with van der Waals surface area (Å²) in [5, 5.41) is 3.24. The summed E-state index contributed by atoms with van der Waals surface area (Å²) in [6, 6.07) is 12.4. The maximum absolute atomic E-state index is 5.75. The average Bonchev–Trinajstić information content (AvgIpc) is 2.76. The van der Waals surface area contributed by atoms with Crippen molar-refractivity contribution >= 4 is 22.6 Å². The first-order valence-corrected chi connectivity index (χ1v) is 6.43. The van der Waals surface area contributed by atoms with Crippen LogP contribution in [0.15, 0.2) is 40.8 Å². The Kier molecular flexibility index (Phi) is 4.01. The first-order chi connectivity index (χ1) is 7.79. The van der Waals surface area contributed by atoms with Crippen LogP contribution in [-0.2, 0) is 6.54 Å².